The molecule has 0 saturated carbocycles. The highest BCUT2D eigenvalue weighted by molar-refractivity contribution is 5.69. The number of likely N-dealkylation sites (tertiary alicyclic amines) is 1. The molecule has 1 atom stereocenters. The number of carbonyl (C=O) groups is 1. The lowest BCUT2D eigenvalue weighted by atomic mass is 10.0. The maximum atomic E-state index is 13.9. The summed E-state index contributed by atoms with van der Waals surface area (Å²) in [4.78, 5) is 17.4. The van der Waals surface area contributed by atoms with Crippen LogP contribution in [0.4, 0.5) is 10.1 Å². The van der Waals surface area contributed by atoms with E-state index in [1.54, 1.807) is 12.1 Å². The first-order chi connectivity index (χ1) is 12.8. The van der Waals surface area contributed by atoms with E-state index in [1.165, 1.54) is 0 Å². The van der Waals surface area contributed by atoms with Crippen LogP contribution in [0.15, 0.2) is 18.2 Å². The highest BCUT2D eigenvalue weighted by Crippen LogP contribution is 2.25. The number of aliphatic carboxylic acids is 1. The summed E-state index contributed by atoms with van der Waals surface area (Å²) in [6.45, 7) is 8.00. The van der Waals surface area contributed by atoms with Crippen molar-refractivity contribution in [3.05, 3.63) is 29.6 Å². The van der Waals surface area contributed by atoms with Gasteiger partial charge in [-0.05, 0) is 62.7 Å². The number of hydrogen-bond acceptors (Lipinski definition) is 4. The van der Waals surface area contributed by atoms with Crippen LogP contribution in [0.25, 0.3) is 0 Å². The van der Waals surface area contributed by atoms with Crippen LogP contribution >= 0.6 is 0 Å². The zero-order valence-corrected chi connectivity index (χ0v) is 17.1. The van der Waals surface area contributed by atoms with Crippen LogP contribution < -0.4 is 4.90 Å². The molecular weight excluding hydrogens is 345 g/mol. The first kappa shape index (κ1) is 21.6. The summed E-state index contributed by atoms with van der Waals surface area (Å²) >= 11 is 0. The Morgan fingerprint density at radius 2 is 2.00 bits per heavy atom. The molecular formula is C21H34FN3O2. The summed E-state index contributed by atoms with van der Waals surface area (Å²) < 4.78 is 13.9. The van der Waals surface area contributed by atoms with Crippen molar-refractivity contribution in [2.24, 2.45) is 5.92 Å². The highest BCUT2D eigenvalue weighted by Gasteiger charge is 2.24. The van der Waals surface area contributed by atoms with E-state index < -0.39 is 5.97 Å². The monoisotopic (exact) mass is 379 g/mol. The number of benzene rings is 1. The van der Waals surface area contributed by atoms with Gasteiger partial charge in [0.2, 0.25) is 0 Å². The molecule has 0 spiro atoms. The molecule has 1 aromatic rings. The minimum absolute atomic E-state index is 0.0825. The van der Waals surface area contributed by atoms with Gasteiger partial charge in [-0.1, -0.05) is 20.3 Å². The van der Waals surface area contributed by atoms with Gasteiger partial charge in [0.1, 0.15) is 5.82 Å². The Labute approximate surface area is 162 Å². The molecule has 1 aliphatic rings. The van der Waals surface area contributed by atoms with Gasteiger partial charge in [-0.25, -0.2) is 4.39 Å². The minimum Gasteiger partial charge on any atom is -0.480 e. The zero-order valence-electron chi connectivity index (χ0n) is 17.1. The zero-order chi connectivity index (χ0) is 20.0. The Morgan fingerprint density at radius 3 is 2.59 bits per heavy atom. The number of piperidine rings is 1. The molecule has 0 aromatic heterocycles. The van der Waals surface area contributed by atoms with Crippen molar-refractivity contribution in [2.45, 2.75) is 45.7 Å². The van der Waals surface area contributed by atoms with E-state index in [4.69, 9.17) is 5.11 Å². The molecule has 1 heterocycles. The van der Waals surface area contributed by atoms with Crippen molar-refractivity contribution < 1.29 is 14.3 Å². The number of rotatable bonds is 9. The van der Waals surface area contributed by atoms with Gasteiger partial charge in [-0.15, -0.1) is 0 Å². The lowest BCUT2D eigenvalue weighted by Crippen LogP contribution is -2.44. The predicted octanol–water partition coefficient (Wildman–Crippen LogP) is 3.29. The van der Waals surface area contributed by atoms with Gasteiger partial charge in [0.25, 0.3) is 0 Å². The van der Waals surface area contributed by atoms with E-state index in [9.17, 15) is 9.18 Å². The fraction of sp³-hybridized carbons (Fsp3) is 0.667. The van der Waals surface area contributed by atoms with Gasteiger partial charge in [0.05, 0.1) is 6.54 Å². The van der Waals surface area contributed by atoms with Crippen molar-refractivity contribution in [2.75, 3.05) is 45.2 Å². The summed E-state index contributed by atoms with van der Waals surface area (Å²) in [5, 5.41) is 8.96. The number of carboxylic acid groups (broad SMARTS) is 1. The first-order valence-electron chi connectivity index (χ1n) is 9.94. The van der Waals surface area contributed by atoms with Crippen molar-refractivity contribution in [3.63, 3.8) is 0 Å². The average molecular weight is 380 g/mol. The quantitative estimate of drug-likeness (QED) is 0.713. The summed E-state index contributed by atoms with van der Waals surface area (Å²) in [7, 11) is 3.96. The molecule has 5 nitrogen and oxygen atoms in total. The normalized spacial score (nSPS) is 17.3. The molecule has 1 unspecified atom stereocenters. The number of anilines is 1. The number of likely N-dealkylation sites (N-methyl/N-ethyl adjacent to an activating group) is 1. The third-order valence-corrected chi connectivity index (χ3v) is 5.69. The Hall–Kier alpha value is -1.66. The Kier molecular flexibility index (Phi) is 8.05. The van der Waals surface area contributed by atoms with Crippen molar-refractivity contribution in [1.82, 2.24) is 9.80 Å². The van der Waals surface area contributed by atoms with Crippen LogP contribution in [-0.4, -0.2) is 67.2 Å². The largest absolute Gasteiger partial charge is 0.480 e. The molecule has 27 heavy (non-hydrogen) atoms. The first-order valence-corrected chi connectivity index (χ1v) is 9.94. The number of nitrogens with zero attached hydrogens (tertiary/aromatic N) is 3. The maximum Gasteiger partial charge on any atom is 0.317 e. The van der Waals surface area contributed by atoms with E-state index in [0.29, 0.717) is 12.0 Å². The van der Waals surface area contributed by atoms with Crippen LogP contribution in [0.5, 0.6) is 0 Å². The highest BCUT2D eigenvalue weighted by atomic mass is 19.1. The fourth-order valence-electron chi connectivity index (χ4n) is 3.85. The molecule has 0 radical (unpaired) electrons. The van der Waals surface area contributed by atoms with Crippen LogP contribution in [0.2, 0.25) is 0 Å². The molecule has 1 aromatic carbocycles. The Balaban J connectivity index is 1.99. The summed E-state index contributed by atoms with van der Waals surface area (Å²) in [5.74, 6) is -0.385. The number of carboxylic acids is 1. The van der Waals surface area contributed by atoms with Gasteiger partial charge in [-0.3, -0.25) is 14.6 Å². The average Bonchev–Trinajstić information content (AvgIpc) is 2.61. The minimum atomic E-state index is -0.784. The second-order valence-corrected chi connectivity index (χ2v) is 7.98. The molecule has 1 fully saturated rings. The van der Waals surface area contributed by atoms with E-state index in [2.05, 4.69) is 30.7 Å². The Bertz CT molecular complexity index is 617. The van der Waals surface area contributed by atoms with Crippen molar-refractivity contribution in [1.29, 1.82) is 0 Å². The summed E-state index contributed by atoms with van der Waals surface area (Å²) in [6, 6.07) is 5.39. The van der Waals surface area contributed by atoms with E-state index in [-0.39, 0.29) is 12.4 Å². The van der Waals surface area contributed by atoms with Gasteiger partial charge >= 0.3 is 5.97 Å². The van der Waals surface area contributed by atoms with E-state index in [0.717, 1.165) is 56.7 Å². The molecule has 152 valence electrons. The van der Waals surface area contributed by atoms with Gasteiger partial charge < -0.3 is 10.0 Å². The van der Waals surface area contributed by atoms with Gasteiger partial charge in [0.15, 0.2) is 0 Å². The maximum absolute atomic E-state index is 13.9. The lowest BCUT2D eigenvalue weighted by Gasteiger charge is -2.36. The molecule has 0 aliphatic carbocycles. The van der Waals surface area contributed by atoms with E-state index >= 15 is 0 Å². The fourth-order valence-corrected chi connectivity index (χ4v) is 3.85. The summed E-state index contributed by atoms with van der Waals surface area (Å²) in [5.41, 5.74) is 2.12. The molecule has 1 saturated heterocycles. The Morgan fingerprint density at radius 1 is 1.33 bits per heavy atom. The lowest BCUT2D eigenvalue weighted by molar-refractivity contribution is -0.138. The molecule has 2 rings (SSSR count). The van der Waals surface area contributed by atoms with Crippen molar-refractivity contribution >= 4 is 11.7 Å². The van der Waals surface area contributed by atoms with Gasteiger partial charge in [0, 0.05) is 31.9 Å². The molecule has 0 amide bonds. The molecule has 6 heteroatoms. The number of hydrogen-bond donors (Lipinski definition) is 1. The third-order valence-electron chi connectivity index (χ3n) is 5.69. The van der Waals surface area contributed by atoms with Crippen LogP contribution in [-0.2, 0) is 11.3 Å². The standard InChI is InChI=1S/C21H34FN3O2/c1-5-16(2)13-24(4)20-7-6-18(22)12-17(20)14-25-10-8-19(9-11-25)23(3)15-21(26)27/h6-7,12,16,19H,5,8-11,13-15H2,1-4H3,(H,26,27). The van der Waals surface area contributed by atoms with Crippen LogP contribution in [0, 0.1) is 11.7 Å². The van der Waals surface area contributed by atoms with Crippen LogP contribution in [0.3, 0.4) is 0 Å². The van der Waals surface area contributed by atoms with Gasteiger partial charge in [-0.2, -0.15) is 0 Å². The van der Waals surface area contributed by atoms with Crippen molar-refractivity contribution in [3.8, 4) is 0 Å². The second-order valence-electron chi connectivity index (χ2n) is 7.98. The van der Waals surface area contributed by atoms with Crippen LogP contribution in [0.1, 0.15) is 38.7 Å². The topological polar surface area (TPSA) is 47.0 Å². The second kappa shape index (κ2) is 10.0. The molecule has 1 aliphatic heterocycles. The summed E-state index contributed by atoms with van der Waals surface area (Å²) in [6.07, 6.45) is 3.01. The molecule has 1 N–H and O–H groups in total. The third kappa shape index (κ3) is 6.47. The number of halogens is 1. The van der Waals surface area contributed by atoms with E-state index in [1.807, 2.05) is 18.0 Å². The molecule has 0 bridgehead atoms. The predicted molar refractivity (Wildman–Crippen MR) is 108 cm³/mol. The SMILES string of the molecule is CCC(C)CN(C)c1ccc(F)cc1CN1CCC(N(C)CC(=O)O)CC1. The smallest absolute Gasteiger partial charge is 0.317 e.